The summed E-state index contributed by atoms with van der Waals surface area (Å²) in [5.74, 6) is -0.210. The number of likely N-dealkylation sites (tertiary alicyclic amines) is 1. The Morgan fingerprint density at radius 3 is 2.96 bits per heavy atom. The molecular weight excluding hydrogens is 298 g/mol. The normalized spacial score (nSPS) is 17.4. The van der Waals surface area contributed by atoms with Crippen LogP contribution in [0.4, 0.5) is 5.69 Å². The second-order valence-corrected chi connectivity index (χ2v) is 5.46. The Kier molecular flexibility index (Phi) is 4.07. The third-order valence-corrected chi connectivity index (χ3v) is 4.11. The molecule has 0 radical (unpaired) electrons. The van der Waals surface area contributed by atoms with E-state index in [9.17, 15) is 14.9 Å². The predicted octanol–water partition coefficient (Wildman–Crippen LogP) is 1.34. The van der Waals surface area contributed by atoms with Gasteiger partial charge < -0.3 is 15.2 Å². The molecule has 3 rings (SSSR count). The smallest absolute Gasteiger partial charge is 0.294 e. The van der Waals surface area contributed by atoms with Gasteiger partial charge in [0.25, 0.3) is 11.6 Å². The van der Waals surface area contributed by atoms with Crippen LogP contribution < -0.4 is 5.73 Å². The number of hydrogen-bond acceptors (Lipinski definition) is 5. The molecule has 1 aromatic heterocycles. The van der Waals surface area contributed by atoms with E-state index in [1.165, 1.54) is 12.4 Å². The molecule has 2 heterocycles. The fraction of sp³-hybridized carbons (Fsp3) is 0.333. The van der Waals surface area contributed by atoms with Crippen molar-refractivity contribution in [3.63, 3.8) is 0 Å². The Hall–Kier alpha value is -2.74. The second kappa shape index (κ2) is 6.17. The Balaban J connectivity index is 1.97. The SMILES string of the molecule is NCC1CCCN1C(=O)c1ccc(-n2ccnc2)c([N+](=O)[O-])c1. The summed E-state index contributed by atoms with van der Waals surface area (Å²) in [5, 5.41) is 11.4. The molecule has 1 amide bonds. The highest BCUT2D eigenvalue weighted by Crippen LogP contribution is 2.26. The molecule has 8 heteroatoms. The maximum atomic E-state index is 12.6. The van der Waals surface area contributed by atoms with E-state index in [1.54, 1.807) is 34.0 Å². The summed E-state index contributed by atoms with van der Waals surface area (Å²) in [6, 6.07) is 4.51. The summed E-state index contributed by atoms with van der Waals surface area (Å²) in [6.45, 7) is 1.04. The van der Waals surface area contributed by atoms with Crippen LogP contribution in [-0.2, 0) is 0 Å². The molecule has 8 nitrogen and oxygen atoms in total. The van der Waals surface area contributed by atoms with Gasteiger partial charge in [0.1, 0.15) is 5.69 Å². The Bertz CT molecular complexity index is 729. The van der Waals surface area contributed by atoms with Crippen molar-refractivity contribution in [3.8, 4) is 5.69 Å². The number of aromatic nitrogens is 2. The number of benzene rings is 1. The van der Waals surface area contributed by atoms with Gasteiger partial charge in [-0.1, -0.05) is 0 Å². The van der Waals surface area contributed by atoms with Crippen LogP contribution in [-0.4, -0.2) is 44.4 Å². The van der Waals surface area contributed by atoms with Gasteiger partial charge in [0.05, 0.1) is 11.3 Å². The topological polar surface area (TPSA) is 107 Å². The highest BCUT2D eigenvalue weighted by molar-refractivity contribution is 5.95. The first-order valence-corrected chi connectivity index (χ1v) is 7.39. The molecule has 1 fully saturated rings. The van der Waals surface area contributed by atoms with Gasteiger partial charge in [-0.15, -0.1) is 0 Å². The molecule has 1 saturated heterocycles. The summed E-state index contributed by atoms with van der Waals surface area (Å²) in [4.78, 5) is 29.1. The quantitative estimate of drug-likeness (QED) is 0.676. The number of nitro groups is 1. The van der Waals surface area contributed by atoms with Crippen molar-refractivity contribution in [2.24, 2.45) is 5.73 Å². The minimum atomic E-state index is -0.490. The fourth-order valence-corrected chi connectivity index (χ4v) is 2.94. The van der Waals surface area contributed by atoms with E-state index in [2.05, 4.69) is 4.98 Å². The van der Waals surface area contributed by atoms with Gasteiger partial charge >= 0.3 is 0 Å². The number of carbonyl (C=O) groups is 1. The van der Waals surface area contributed by atoms with Crippen LogP contribution in [0, 0.1) is 10.1 Å². The average Bonchev–Trinajstić information content (AvgIpc) is 3.24. The van der Waals surface area contributed by atoms with E-state index in [4.69, 9.17) is 5.73 Å². The van der Waals surface area contributed by atoms with Crippen LogP contribution >= 0.6 is 0 Å². The minimum Gasteiger partial charge on any atom is -0.334 e. The predicted molar refractivity (Wildman–Crippen MR) is 83.3 cm³/mol. The van der Waals surface area contributed by atoms with Crippen LogP contribution in [0.25, 0.3) is 5.69 Å². The summed E-state index contributed by atoms with van der Waals surface area (Å²) in [7, 11) is 0. The van der Waals surface area contributed by atoms with Crippen LogP contribution in [0.3, 0.4) is 0 Å². The van der Waals surface area contributed by atoms with Crippen LogP contribution in [0.1, 0.15) is 23.2 Å². The monoisotopic (exact) mass is 315 g/mol. The lowest BCUT2D eigenvalue weighted by Gasteiger charge is -2.23. The molecule has 1 aliphatic heterocycles. The van der Waals surface area contributed by atoms with Gasteiger partial charge in [-0.3, -0.25) is 14.9 Å². The molecule has 1 aliphatic rings. The zero-order valence-corrected chi connectivity index (χ0v) is 12.5. The summed E-state index contributed by atoms with van der Waals surface area (Å²) in [5.41, 5.74) is 6.25. The lowest BCUT2D eigenvalue weighted by Crippen LogP contribution is -2.39. The molecule has 2 N–H and O–H groups in total. The molecule has 1 aromatic carbocycles. The molecule has 23 heavy (non-hydrogen) atoms. The number of hydrogen-bond donors (Lipinski definition) is 1. The standard InChI is InChI=1S/C15H17N5O3/c16-9-12-2-1-6-19(12)15(21)11-3-4-13(14(8-11)20(22)23)18-7-5-17-10-18/h3-5,7-8,10,12H,1-2,6,9,16H2. The van der Waals surface area contributed by atoms with E-state index in [0.29, 0.717) is 24.3 Å². The lowest BCUT2D eigenvalue weighted by atomic mass is 10.1. The maximum Gasteiger partial charge on any atom is 0.294 e. The van der Waals surface area contributed by atoms with Crippen molar-refractivity contribution >= 4 is 11.6 Å². The number of nitrogens with two attached hydrogens (primary N) is 1. The van der Waals surface area contributed by atoms with Crippen molar-refractivity contribution in [2.75, 3.05) is 13.1 Å². The largest absolute Gasteiger partial charge is 0.334 e. The molecule has 0 saturated carbocycles. The number of amides is 1. The minimum absolute atomic E-state index is 0.00915. The van der Waals surface area contributed by atoms with Gasteiger partial charge in [-0.25, -0.2) is 4.98 Å². The Labute approximate surface area is 132 Å². The second-order valence-electron chi connectivity index (χ2n) is 5.46. The van der Waals surface area contributed by atoms with E-state index in [-0.39, 0.29) is 17.6 Å². The fourth-order valence-electron chi connectivity index (χ4n) is 2.94. The van der Waals surface area contributed by atoms with Crippen molar-refractivity contribution in [2.45, 2.75) is 18.9 Å². The first kappa shape index (κ1) is 15.2. The molecule has 1 unspecified atom stereocenters. The molecule has 1 atom stereocenters. The average molecular weight is 315 g/mol. The Morgan fingerprint density at radius 2 is 2.30 bits per heavy atom. The number of rotatable bonds is 4. The summed E-state index contributed by atoms with van der Waals surface area (Å²) < 4.78 is 1.55. The van der Waals surface area contributed by atoms with Gasteiger partial charge in [-0.05, 0) is 25.0 Å². The molecule has 120 valence electrons. The lowest BCUT2D eigenvalue weighted by molar-refractivity contribution is -0.384. The Morgan fingerprint density at radius 1 is 1.48 bits per heavy atom. The highest BCUT2D eigenvalue weighted by Gasteiger charge is 2.29. The van der Waals surface area contributed by atoms with Gasteiger partial charge in [-0.2, -0.15) is 0 Å². The van der Waals surface area contributed by atoms with Crippen LogP contribution in [0.15, 0.2) is 36.9 Å². The van der Waals surface area contributed by atoms with E-state index in [0.717, 1.165) is 12.8 Å². The maximum absolute atomic E-state index is 12.6. The molecule has 0 bridgehead atoms. The first-order valence-electron chi connectivity index (χ1n) is 7.39. The van der Waals surface area contributed by atoms with Crippen LogP contribution in [0.5, 0.6) is 0 Å². The van der Waals surface area contributed by atoms with Gasteiger partial charge in [0, 0.05) is 43.2 Å². The third kappa shape index (κ3) is 2.80. The van der Waals surface area contributed by atoms with Crippen molar-refractivity contribution < 1.29 is 9.72 Å². The zero-order valence-electron chi connectivity index (χ0n) is 12.5. The third-order valence-electron chi connectivity index (χ3n) is 4.11. The number of imidazole rings is 1. The highest BCUT2D eigenvalue weighted by atomic mass is 16.6. The first-order chi connectivity index (χ1) is 11.1. The number of carbonyl (C=O) groups excluding carboxylic acids is 1. The van der Waals surface area contributed by atoms with Crippen molar-refractivity contribution in [1.82, 2.24) is 14.5 Å². The van der Waals surface area contributed by atoms with E-state index >= 15 is 0 Å². The molecule has 0 spiro atoms. The summed E-state index contributed by atoms with van der Waals surface area (Å²) >= 11 is 0. The van der Waals surface area contributed by atoms with E-state index in [1.807, 2.05) is 0 Å². The van der Waals surface area contributed by atoms with Gasteiger partial charge in [0.2, 0.25) is 0 Å². The van der Waals surface area contributed by atoms with Crippen molar-refractivity contribution in [3.05, 3.63) is 52.6 Å². The molecule has 0 aliphatic carbocycles. The van der Waals surface area contributed by atoms with Gasteiger partial charge in [0.15, 0.2) is 0 Å². The van der Waals surface area contributed by atoms with Crippen molar-refractivity contribution in [1.29, 1.82) is 0 Å². The van der Waals surface area contributed by atoms with E-state index < -0.39 is 4.92 Å². The number of nitro benzene ring substituents is 1. The van der Waals surface area contributed by atoms with Crippen LogP contribution in [0.2, 0.25) is 0 Å². The molecule has 2 aromatic rings. The number of nitrogens with zero attached hydrogens (tertiary/aromatic N) is 4. The summed E-state index contributed by atoms with van der Waals surface area (Å²) in [6.07, 6.45) is 6.42. The molecular formula is C15H17N5O3. The zero-order chi connectivity index (χ0) is 16.4.